The molecule has 0 saturated carbocycles. The average molecular weight is 218 g/mol. The van der Waals surface area contributed by atoms with Crippen molar-refractivity contribution in [3.8, 4) is 0 Å². The van der Waals surface area contributed by atoms with E-state index in [1.165, 1.54) is 0 Å². The molecule has 0 aromatic carbocycles. The molecule has 0 amide bonds. The summed E-state index contributed by atoms with van der Waals surface area (Å²) in [5.41, 5.74) is 1.65. The van der Waals surface area contributed by atoms with Crippen LogP contribution in [0.25, 0.3) is 0 Å². The molecule has 16 heavy (non-hydrogen) atoms. The number of anilines is 1. The maximum atomic E-state index is 11.4. The number of rotatable bonds is 1. The Labute approximate surface area is 93.9 Å². The Morgan fingerprint density at radius 2 is 2.06 bits per heavy atom. The zero-order chi connectivity index (χ0) is 11.0. The van der Waals surface area contributed by atoms with E-state index >= 15 is 0 Å². The van der Waals surface area contributed by atoms with Crippen LogP contribution in [0.5, 0.6) is 0 Å². The number of nitrogens with zero attached hydrogens (tertiary/aromatic N) is 3. The molecule has 0 atom stereocenters. The van der Waals surface area contributed by atoms with Gasteiger partial charge in [-0.3, -0.25) is 4.79 Å². The first-order valence-electron chi connectivity index (χ1n) is 5.69. The number of Topliss-reactive ketones (excluding diaryl/α,β-unsaturated/α-hetero) is 1. The maximum Gasteiger partial charge on any atom is 0.225 e. The molecule has 1 aliphatic carbocycles. The molecule has 2 heterocycles. The van der Waals surface area contributed by atoms with E-state index in [0.29, 0.717) is 6.42 Å². The van der Waals surface area contributed by atoms with Gasteiger partial charge in [0.15, 0.2) is 5.78 Å². The van der Waals surface area contributed by atoms with E-state index < -0.39 is 0 Å². The molecule has 0 radical (unpaired) electrons. The van der Waals surface area contributed by atoms with Crippen LogP contribution in [0.2, 0.25) is 0 Å². The van der Waals surface area contributed by atoms with Gasteiger partial charge < -0.3 is 10.2 Å². The van der Waals surface area contributed by atoms with Crippen molar-refractivity contribution >= 4 is 11.7 Å². The quantitative estimate of drug-likeness (QED) is 0.720. The SMILES string of the molecule is O=C1CCc2nc(N3CCNCC3)ncc21. The summed E-state index contributed by atoms with van der Waals surface area (Å²) in [7, 11) is 0. The Morgan fingerprint density at radius 3 is 2.88 bits per heavy atom. The van der Waals surface area contributed by atoms with Gasteiger partial charge in [0.25, 0.3) is 0 Å². The number of hydrogen-bond acceptors (Lipinski definition) is 5. The van der Waals surface area contributed by atoms with Crippen molar-refractivity contribution in [2.45, 2.75) is 12.8 Å². The number of carbonyl (C=O) groups excluding carboxylic acids is 1. The first-order chi connectivity index (χ1) is 7.84. The van der Waals surface area contributed by atoms with Crippen LogP contribution in [0, 0.1) is 0 Å². The van der Waals surface area contributed by atoms with Crippen LogP contribution in [-0.4, -0.2) is 41.9 Å². The van der Waals surface area contributed by atoms with Crippen molar-refractivity contribution in [2.24, 2.45) is 0 Å². The predicted octanol–water partition coefficient (Wildman–Crippen LogP) is 0.0151. The van der Waals surface area contributed by atoms with Gasteiger partial charge in [-0.2, -0.15) is 0 Å². The maximum absolute atomic E-state index is 11.4. The van der Waals surface area contributed by atoms with Crippen molar-refractivity contribution in [1.82, 2.24) is 15.3 Å². The number of aryl methyl sites for hydroxylation is 1. The molecular weight excluding hydrogens is 204 g/mol. The number of fused-ring (bicyclic) bond motifs is 1. The molecule has 1 saturated heterocycles. The molecular formula is C11H14N4O. The lowest BCUT2D eigenvalue weighted by Gasteiger charge is -2.27. The number of nitrogens with one attached hydrogen (secondary N) is 1. The topological polar surface area (TPSA) is 58.1 Å². The average Bonchev–Trinajstić information content (AvgIpc) is 2.72. The molecule has 1 fully saturated rings. The summed E-state index contributed by atoms with van der Waals surface area (Å²) in [6.07, 6.45) is 3.06. The van der Waals surface area contributed by atoms with Crippen molar-refractivity contribution in [3.63, 3.8) is 0 Å². The van der Waals surface area contributed by atoms with Gasteiger partial charge >= 0.3 is 0 Å². The monoisotopic (exact) mass is 218 g/mol. The normalized spacial score (nSPS) is 20.0. The highest BCUT2D eigenvalue weighted by molar-refractivity contribution is 5.99. The van der Waals surface area contributed by atoms with Gasteiger partial charge in [0, 0.05) is 38.8 Å². The predicted molar refractivity (Wildman–Crippen MR) is 59.8 cm³/mol. The van der Waals surface area contributed by atoms with Crippen LogP contribution in [0.3, 0.4) is 0 Å². The fourth-order valence-electron chi connectivity index (χ4n) is 2.21. The lowest BCUT2D eigenvalue weighted by Crippen LogP contribution is -2.44. The second-order valence-corrected chi connectivity index (χ2v) is 4.19. The van der Waals surface area contributed by atoms with E-state index in [4.69, 9.17) is 0 Å². The summed E-state index contributed by atoms with van der Waals surface area (Å²) in [6.45, 7) is 3.82. The second-order valence-electron chi connectivity index (χ2n) is 4.19. The van der Waals surface area contributed by atoms with Gasteiger partial charge in [0.05, 0.1) is 11.3 Å². The smallest absolute Gasteiger partial charge is 0.225 e. The number of ketones is 1. The molecule has 1 aromatic rings. The summed E-state index contributed by atoms with van der Waals surface area (Å²) in [5, 5.41) is 3.29. The molecule has 0 unspecified atom stereocenters. The van der Waals surface area contributed by atoms with Crippen molar-refractivity contribution in [2.75, 3.05) is 31.1 Å². The third-order valence-corrected chi connectivity index (χ3v) is 3.14. The van der Waals surface area contributed by atoms with E-state index in [1.807, 2.05) is 0 Å². The lowest BCUT2D eigenvalue weighted by molar-refractivity contribution is 0.0994. The minimum absolute atomic E-state index is 0.182. The first-order valence-corrected chi connectivity index (χ1v) is 5.69. The Morgan fingerprint density at radius 1 is 1.25 bits per heavy atom. The zero-order valence-corrected chi connectivity index (χ0v) is 9.07. The summed E-state index contributed by atoms with van der Waals surface area (Å²) in [5.74, 6) is 0.955. The minimum atomic E-state index is 0.182. The van der Waals surface area contributed by atoms with Crippen LogP contribution in [0.4, 0.5) is 5.95 Å². The van der Waals surface area contributed by atoms with Gasteiger partial charge in [0.2, 0.25) is 5.95 Å². The third kappa shape index (κ3) is 1.57. The number of piperazine rings is 1. The Kier molecular flexibility index (Phi) is 2.32. The van der Waals surface area contributed by atoms with Gasteiger partial charge in [-0.25, -0.2) is 9.97 Å². The summed E-state index contributed by atoms with van der Waals surface area (Å²) in [6, 6.07) is 0. The van der Waals surface area contributed by atoms with Gasteiger partial charge in [-0.15, -0.1) is 0 Å². The molecule has 1 aliphatic heterocycles. The molecule has 84 valence electrons. The van der Waals surface area contributed by atoms with Crippen molar-refractivity contribution in [3.05, 3.63) is 17.5 Å². The molecule has 5 heteroatoms. The zero-order valence-electron chi connectivity index (χ0n) is 9.07. The molecule has 1 aromatic heterocycles. The summed E-state index contributed by atoms with van der Waals surface area (Å²) >= 11 is 0. The lowest BCUT2D eigenvalue weighted by atomic mass is 10.2. The molecule has 2 aliphatic rings. The highest BCUT2D eigenvalue weighted by Crippen LogP contribution is 2.21. The van der Waals surface area contributed by atoms with E-state index in [-0.39, 0.29) is 5.78 Å². The first kappa shape index (κ1) is 9.72. The largest absolute Gasteiger partial charge is 0.338 e. The Bertz CT molecular complexity index is 426. The van der Waals surface area contributed by atoms with Crippen LogP contribution in [-0.2, 0) is 6.42 Å². The van der Waals surface area contributed by atoms with E-state index in [9.17, 15) is 4.79 Å². The molecule has 3 rings (SSSR count). The summed E-state index contributed by atoms with van der Waals surface area (Å²) < 4.78 is 0. The number of aromatic nitrogens is 2. The highest BCUT2D eigenvalue weighted by Gasteiger charge is 2.23. The van der Waals surface area contributed by atoms with Crippen LogP contribution >= 0.6 is 0 Å². The molecule has 0 bridgehead atoms. The highest BCUT2D eigenvalue weighted by atomic mass is 16.1. The minimum Gasteiger partial charge on any atom is -0.338 e. The number of hydrogen-bond donors (Lipinski definition) is 1. The van der Waals surface area contributed by atoms with Gasteiger partial charge in [0.1, 0.15) is 0 Å². The molecule has 0 spiro atoms. The fraction of sp³-hybridized carbons (Fsp3) is 0.545. The Hall–Kier alpha value is -1.49. The molecule has 5 nitrogen and oxygen atoms in total. The van der Waals surface area contributed by atoms with Crippen LogP contribution in [0.15, 0.2) is 6.20 Å². The van der Waals surface area contributed by atoms with Crippen LogP contribution < -0.4 is 10.2 Å². The van der Waals surface area contributed by atoms with Crippen molar-refractivity contribution < 1.29 is 4.79 Å². The van der Waals surface area contributed by atoms with Gasteiger partial charge in [-0.05, 0) is 6.42 Å². The van der Waals surface area contributed by atoms with Crippen molar-refractivity contribution in [1.29, 1.82) is 0 Å². The van der Waals surface area contributed by atoms with Gasteiger partial charge in [-0.1, -0.05) is 0 Å². The van der Waals surface area contributed by atoms with Crippen LogP contribution in [0.1, 0.15) is 22.5 Å². The second kappa shape index (κ2) is 3.83. The molecule has 1 N–H and O–H groups in total. The third-order valence-electron chi connectivity index (χ3n) is 3.14. The standard InChI is InChI=1S/C11H14N4O/c16-10-2-1-9-8(10)7-13-11(14-9)15-5-3-12-4-6-15/h7,12H,1-6H2. The van der Waals surface area contributed by atoms with E-state index in [1.54, 1.807) is 6.20 Å². The van der Waals surface area contributed by atoms with E-state index in [0.717, 1.165) is 49.8 Å². The number of carbonyl (C=O) groups is 1. The van der Waals surface area contributed by atoms with E-state index in [2.05, 4.69) is 20.2 Å². The fourth-order valence-corrected chi connectivity index (χ4v) is 2.21. The summed E-state index contributed by atoms with van der Waals surface area (Å²) in [4.78, 5) is 22.4. The Balaban J connectivity index is 1.89.